The predicted molar refractivity (Wildman–Crippen MR) is 75.5 cm³/mol. The molecule has 1 aliphatic heterocycles. The zero-order valence-corrected chi connectivity index (χ0v) is 11.5. The Labute approximate surface area is 115 Å². The van der Waals surface area contributed by atoms with E-state index in [1.54, 1.807) is 0 Å². The maximum Gasteiger partial charge on any atom is 0.226 e. The van der Waals surface area contributed by atoms with E-state index in [1.165, 1.54) is 18.4 Å². The Hall–Kier alpha value is -1.35. The van der Waals surface area contributed by atoms with E-state index in [0.717, 1.165) is 19.6 Å². The van der Waals surface area contributed by atoms with Crippen LogP contribution in [0.2, 0.25) is 0 Å². The molecule has 2 fully saturated rings. The van der Waals surface area contributed by atoms with E-state index in [9.17, 15) is 4.79 Å². The van der Waals surface area contributed by atoms with Gasteiger partial charge in [0, 0.05) is 18.5 Å². The molecule has 1 atom stereocenters. The normalized spacial score (nSPS) is 20.7. The molecule has 19 heavy (non-hydrogen) atoms. The first-order chi connectivity index (χ1) is 9.25. The third kappa shape index (κ3) is 2.81. The van der Waals surface area contributed by atoms with Crippen LogP contribution in [0.15, 0.2) is 30.3 Å². The molecule has 1 heterocycles. The van der Waals surface area contributed by atoms with E-state index in [2.05, 4.69) is 29.3 Å². The zero-order valence-electron chi connectivity index (χ0n) is 11.5. The van der Waals surface area contributed by atoms with Gasteiger partial charge in [-0.3, -0.25) is 4.79 Å². The maximum atomic E-state index is 12.7. The van der Waals surface area contributed by atoms with Crippen molar-refractivity contribution in [3.63, 3.8) is 0 Å². The standard InChI is InChI=1S/C16H22N2O/c1-12(14-9-17-10-14)16(19)18(15-7-8-15)11-13-5-3-2-4-6-13/h2-6,12,14-15,17H,7-11H2,1H3. The van der Waals surface area contributed by atoms with Crippen molar-refractivity contribution in [1.82, 2.24) is 10.2 Å². The van der Waals surface area contributed by atoms with Crippen molar-refractivity contribution in [2.45, 2.75) is 32.4 Å². The molecule has 1 aromatic carbocycles. The number of carbonyl (C=O) groups excluding carboxylic acids is 1. The summed E-state index contributed by atoms with van der Waals surface area (Å²) in [5, 5.41) is 3.26. The van der Waals surface area contributed by atoms with E-state index < -0.39 is 0 Å². The molecular weight excluding hydrogens is 236 g/mol. The topological polar surface area (TPSA) is 32.3 Å². The number of benzene rings is 1. The largest absolute Gasteiger partial charge is 0.335 e. The average molecular weight is 258 g/mol. The van der Waals surface area contributed by atoms with E-state index in [-0.39, 0.29) is 5.92 Å². The predicted octanol–water partition coefficient (Wildman–Crippen LogP) is 2.03. The fraction of sp³-hybridized carbons (Fsp3) is 0.562. The molecule has 0 bridgehead atoms. The van der Waals surface area contributed by atoms with Gasteiger partial charge in [0.25, 0.3) is 0 Å². The molecule has 1 amide bonds. The molecule has 102 valence electrons. The highest BCUT2D eigenvalue weighted by Gasteiger charge is 2.38. The molecule has 0 spiro atoms. The first-order valence-electron chi connectivity index (χ1n) is 7.31. The van der Waals surface area contributed by atoms with E-state index >= 15 is 0 Å². The molecule has 0 aromatic heterocycles. The van der Waals surface area contributed by atoms with Gasteiger partial charge in [-0.25, -0.2) is 0 Å². The van der Waals surface area contributed by atoms with Crippen LogP contribution in [0.3, 0.4) is 0 Å². The number of nitrogens with zero attached hydrogens (tertiary/aromatic N) is 1. The molecule has 1 aromatic rings. The SMILES string of the molecule is CC(C(=O)N(Cc1ccccc1)C1CC1)C1CNC1. The number of hydrogen-bond acceptors (Lipinski definition) is 2. The van der Waals surface area contributed by atoms with Crippen LogP contribution >= 0.6 is 0 Å². The highest BCUT2D eigenvalue weighted by atomic mass is 16.2. The van der Waals surface area contributed by atoms with Crippen LogP contribution in [0.4, 0.5) is 0 Å². The second-order valence-electron chi connectivity index (χ2n) is 5.89. The Morgan fingerprint density at radius 1 is 1.32 bits per heavy atom. The summed E-state index contributed by atoms with van der Waals surface area (Å²) in [5.41, 5.74) is 1.24. The third-order valence-corrected chi connectivity index (χ3v) is 4.38. The van der Waals surface area contributed by atoms with Gasteiger partial charge < -0.3 is 10.2 Å². The van der Waals surface area contributed by atoms with Crippen LogP contribution in [0.1, 0.15) is 25.3 Å². The van der Waals surface area contributed by atoms with E-state index in [1.807, 2.05) is 18.2 Å². The summed E-state index contributed by atoms with van der Waals surface area (Å²) in [5.74, 6) is 1.04. The Morgan fingerprint density at radius 3 is 2.53 bits per heavy atom. The van der Waals surface area contributed by atoms with Gasteiger partial charge in [0.2, 0.25) is 5.91 Å². The number of hydrogen-bond donors (Lipinski definition) is 1. The van der Waals surface area contributed by atoms with Gasteiger partial charge in [-0.15, -0.1) is 0 Å². The van der Waals surface area contributed by atoms with Gasteiger partial charge in [-0.05, 0) is 37.4 Å². The molecule has 3 heteroatoms. The van der Waals surface area contributed by atoms with Gasteiger partial charge in [0.05, 0.1) is 0 Å². The van der Waals surface area contributed by atoms with Crippen LogP contribution in [-0.2, 0) is 11.3 Å². The second kappa shape index (κ2) is 5.33. The molecular formula is C16H22N2O. The number of nitrogens with one attached hydrogen (secondary N) is 1. The van der Waals surface area contributed by atoms with Crippen molar-refractivity contribution in [2.24, 2.45) is 11.8 Å². The smallest absolute Gasteiger partial charge is 0.226 e. The first kappa shape index (κ1) is 12.7. The summed E-state index contributed by atoms with van der Waals surface area (Å²) in [6.07, 6.45) is 2.35. The maximum absolute atomic E-state index is 12.7. The molecule has 0 radical (unpaired) electrons. The summed E-state index contributed by atoms with van der Waals surface area (Å²) in [6, 6.07) is 10.8. The molecule has 1 unspecified atom stereocenters. The van der Waals surface area contributed by atoms with Gasteiger partial charge in [0.15, 0.2) is 0 Å². The fourth-order valence-corrected chi connectivity index (χ4v) is 2.68. The quantitative estimate of drug-likeness (QED) is 0.876. The highest BCUT2D eigenvalue weighted by Crippen LogP contribution is 2.31. The summed E-state index contributed by atoms with van der Waals surface area (Å²) in [6.45, 7) is 4.86. The molecule has 3 rings (SSSR count). The summed E-state index contributed by atoms with van der Waals surface area (Å²) >= 11 is 0. The summed E-state index contributed by atoms with van der Waals surface area (Å²) < 4.78 is 0. The number of carbonyl (C=O) groups is 1. The third-order valence-electron chi connectivity index (χ3n) is 4.38. The van der Waals surface area contributed by atoms with Crippen molar-refractivity contribution < 1.29 is 4.79 Å². The second-order valence-corrected chi connectivity index (χ2v) is 5.89. The highest BCUT2D eigenvalue weighted by molar-refractivity contribution is 5.79. The van der Waals surface area contributed by atoms with Crippen LogP contribution in [0.25, 0.3) is 0 Å². The van der Waals surface area contributed by atoms with Crippen molar-refractivity contribution in [3.8, 4) is 0 Å². The number of rotatable bonds is 5. The fourth-order valence-electron chi connectivity index (χ4n) is 2.68. The lowest BCUT2D eigenvalue weighted by molar-refractivity contribution is -0.138. The molecule has 1 saturated carbocycles. The minimum Gasteiger partial charge on any atom is -0.335 e. The van der Waals surface area contributed by atoms with Crippen molar-refractivity contribution >= 4 is 5.91 Å². The van der Waals surface area contributed by atoms with Gasteiger partial charge in [0.1, 0.15) is 0 Å². The lowest BCUT2D eigenvalue weighted by atomic mass is 9.88. The lowest BCUT2D eigenvalue weighted by Crippen LogP contribution is -2.50. The monoisotopic (exact) mass is 258 g/mol. The van der Waals surface area contributed by atoms with Crippen molar-refractivity contribution in [3.05, 3.63) is 35.9 Å². The Bertz CT molecular complexity index is 437. The lowest BCUT2D eigenvalue weighted by Gasteiger charge is -2.35. The Balaban J connectivity index is 1.68. The number of amides is 1. The van der Waals surface area contributed by atoms with E-state index in [0.29, 0.717) is 17.9 Å². The van der Waals surface area contributed by atoms with Gasteiger partial charge in [-0.2, -0.15) is 0 Å². The van der Waals surface area contributed by atoms with Gasteiger partial charge in [-0.1, -0.05) is 37.3 Å². The molecule has 3 nitrogen and oxygen atoms in total. The Morgan fingerprint density at radius 2 is 2.00 bits per heavy atom. The van der Waals surface area contributed by atoms with Crippen LogP contribution in [-0.4, -0.2) is 29.9 Å². The first-order valence-corrected chi connectivity index (χ1v) is 7.31. The van der Waals surface area contributed by atoms with Gasteiger partial charge >= 0.3 is 0 Å². The van der Waals surface area contributed by atoms with E-state index in [4.69, 9.17) is 0 Å². The van der Waals surface area contributed by atoms with Crippen molar-refractivity contribution in [1.29, 1.82) is 0 Å². The minimum atomic E-state index is 0.158. The molecule has 2 aliphatic rings. The molecule has 1 N–H and O–H groups in total. The van der Waals surface area contributed by atoms with Crippen LogP contribution < -0.4 is 5.32 Å². The Kier molecular flexibility index (Phi) is 3.56. The zero-order chi connectivity index (χ0) is 13.2. The minimum absolute atomic E-state index is 0.158. The van der Waals surface area contributed by atoms with Crippen LogP contribution in [0.5, 0.6) is 0 Å². The van der Waals surface area contributed by atoms with Crippen LogP contribution in [0, 0.1) is 11.8 Å². The van der Waals surface area contributed by atoms with Crippen molar-refractivity contribution in [2.75, 3.05) is 13.1 Å². The summed E-state index contributed by atoms with van der Waals surface area (Å²) in [4.78, 5) is 14.8. The molecule has 1 aliphatic carbocycles. The summed E-state index contributed by atoms with van der Waals surface area (Å²) in [7, 11) is 0. The molecule has 1 saturated heterocycles. The average Bonchev–Trinajstić information content (AvgIpc) is 3.18.